The molecular formula is C13H14F3NO2. The molecule has 1 aliphatic carbocycles. The molecule has 3 nitrogen and oxygen atoms in total. The van der Waals surface area contributed by atoms with E-state index in [1.807, 2.05) is 0 Å². The summed E-state index contributed by atoms with van der Waals surface area (Å²) >= 11 is 0. The van der Waals surface area contributed by atoms with E-state index in [1.54, 1.807) is 0 Å². The Morgan fingerprint density at radius 2 is 2.00 bits per heavy atom. The number of benzene rings is 1. The summed E-state index contributed by atoms with van der Waals surface area (Å²) in [6.07, 6.45) is -3.65. The zero-order valence-corrected chi connectivity index (χ0v) is 10.3. The number of methoxy groups -OCH3 is 1. The SMILES string of the molecule is COCNC(=O)[C@@H]1C[C@H]1c1ccc(C(F)(F)F)cc1. The fraction of sp³-hybridized carbons (Fsp3) is 0.462. The number of rotatable bonds is 4. The van der Waals surface area contributed by atoms with Gasteiger partial charge in [0.1, 0.15) is 6.73 Å². The van der Waals surface area contributed by atoms with Crippen LogP contribution in [0, 0.1) is 5.92 Å². The molecule has 1 aliphatic rings. The Kier molecular flexibility index (Phi) is 3.80. The Bertz CT molecular complexity index is 456. The molecule has 6 heteroatoms. The van der Waals surface area contributed by atoms with Gasteiger partial charge in [0, 0.05) is 13.0 Å². The highest BCUT2D eigenvalue weighted by Crippen LogP contribution is 2.47. The number of carbonyl (C=O) groups is 1. The summed E-state index contributed by atoms with van der Waals surface area (Å²) in [7, 11) is 1.47. The molecule has 0 aromatic heterocycles. The Balaban J connectivity index is 1.96. The van der Waals surface area contributed by atoms with Gasteiger partial charge < -0.3 is 10.1 Å². The van der Waals surface area contributed by atoms with E-state index < -0.39 is 11.7 Å². The molecule has 1 saturated carbocycles. The van der Waals surface area contributed by atoms with Gasteiger partial charge in [-0.2, -0.15) is 13.2 Å². The molecule has 0 aliphatic heterocycles. The number of hydrogen-bond donors (Lipinski definition) is 1. The Labute approximate surface area is 108 Å². The van der Waals surface area contributed by atoms with Crippen molar-refractivity contribution in [2.24, 2.45) is 5.92 Å². The van der Waals surface area contributed by atoms with Gasteiger partial charge in [-0.05, 0) is 30.0 Å². The molecular weight excluding hydrogens is 259 g/mol. The molecule has 2 atom stereocenters. The summed E-state index contributed by atoms with van der Waals surface area (Å²) in [6.45, 7) is 0.148. The van der Waals surface area contributed by atoms with Crippen LogP contribution >= 0.6 is 0 Å². The van der Waals surface area contributed by atoms with Crippen LogP contribution in [0.2, 0.25) is 0 Å². The van der Waals surface area contributed by atoms with Crippen molar-refractivity contribution in [3.8, 4) is 0 Å². The van der Waals surface area contributed by atoms with Crippen molar-refractivity contribution in [3.63, 3.8) is 0 Å². The van der Waals surface area contributed by atoms with Gasteiger partial charge >= 0.3 is 6.18 Å². The summed E-state index contributed by atoms with van der Waals surface area (Å²) in [6, 6.07) is 4.99. The lowest BCUT2D eigenvalue weighted by Crippen LogP contribution is -2.27. The standard InChI is InChI=1S/C13H14F3NO2/c1-19-7-17-12(18)11-6-10(11)8-2-4-9(5-3-8)13(14,15)16/h2-5,10-11H,6-7H2,1H3,(H,17,18)/t10-,11+/m0/s1. The summed E-state index contributed by atoms with van der Waals surface area (Å²) < 4.78 is 41.9. The smallest absolute Gasteiger partial charge is 0.364 e. The summed E-state index contributed by atoms with van der Waals surface area (Å²) in [5, 5.41) is 2.59. The van der Waals surface area contributed by atoms with Crippen LogP contribution in [0.15, 0.2) is 24.3 Å². The van der Waals surface area contributed by atoms with Gasteiger partial charge in [0.15, 0.2) is 0 Å². The fourth-order valence-electron chi connectivity index (χ4n) is 2.05. The van der Waals surface area contributed by atoms with E-state index in [0.717, 1.165) is 17.7 Å². The quantitative estimate of drug-likeness (QED) is 0.856. The van der Waals surface area contributed by atoms with Crippen molar-refractivity contribution in [1.29, 1.82) is 0 Å². The molecule has 104 valence electrons. The van der Waals surface area contributed by atoms with Crippen LogP contribution in [0.5, 0.6) is 0 Å². The first-order valence-corrected chi connectivity index (χ1v) is 5.87. The van der Waals surface area contributed by atoms with Crippen LogP contribution < -0.4 is 5.32 Å². The normalized spacial score (nSPS) is 22.1. The van der Waals surface area contributed by atoms with E-state index in [9.17, 15) is 18.0 Å². The van der Waals surface area contributed by atoms with E-state index in [0.29, 0.717) is 6.42 Å². The zero-order chi connectivity index (χ0) is 14.0. The highest BCUT2D eigenvalue weighted by Gasteiger charge is 2.44. The predicted molar refractivity (Wildman–Crippen MR) is 62.3 cm³/mol. The van der Waals surface area contributed by atoms with Crippen LogP contribution in [0.4, 0.5) is 13.2 Å². The Morgan fingerprint density at radius 3 is 2.53 bits per heavy atom. The third-order valence-corrected chi connectivity index (χ3v) is 3.18. The zero-order valence-electron chi connectivity index (χ0n) is 10.3. The first kappa shape index (κ1) is 13.9. The number of halogens is 3. The lowest BCUT2D eigenvalue weighted by molar-refractivity contribution is -0.137. The van der Waals surface area contributed by atoms with Crippen molar-refractivity contribution in [2.45, 2.75) is 18.5 Å². The first-order valence-electron chi connectivity index (χ1n) is 5.87. The lowest BCUT2D eigenvalue weighted by atomic mass is 10.1. The second-order valence-corrected chi connectivity index (χ2v) is 4.54. The fourth-order valence-corrected chi connectivity index (χ4v) is 2.05. The van der Waals surface area contributed by atoms with Gasteiger partial charge in [-0.1, -0.05) is 12.1 Å². The molecule has 0 saturated heterocycles. The minimum absolute atomic E-state index is 0.0131. The maximum atomic E-state index is 12.4. The summed E-state index contributed by atoms with van der Waals surface area (Å²) in [5.74, 6) is -0.266. The Hall–Kier alpha value is -1.56. The molecule has 0 heterocycles. The molecule has 0 radical (unpaired) electrons. The van der Waals surface area contributed by atoms with Crippen LogP contribution in [-0.2, 0) is 15.7 Å². The number of carbonyl (C=O) groups excluding carboxylic acids is 1. The van der Waals surface area contributed by atoms with Gasteiger partial charge in [-0.25, -0.2) is 0 Å². The van der Waals surface area contributed by atoms with Gasteiger partial charge in [0.2, 0.25) is 5.91 Å². The molecule has 0 bridgehead atoms. The van der Waals surface area contributed by atoms with Crippen molar-refractivity contribution in [2.75, 3.05) is 13.8 Å². The topological polar surface area (TPSA) is 38.3 Å². The predicted octanol–water partition coefficient (Wildman–Crippen LogP) is 2.53. The molecule has 2 rings (SSSR count). The van der Waals surface area contributed by atoms with Gasteiger partial charge in [0.05, 0.1) is 5.56 Å². The number of amides is 1. The van der Waals surface area contributed by atoms with E-state index in [-0.39, 0.29) is 24.5 Å². The third-order valence-electron chi connectivity index (χ3n) is 3.18. The minimum Gasteiger partial charge on any atom is -0.364 e. The van der Waals surface area contributed by atoms with Gasteiger partial charge in [-0.3, -0.25) is 4.79 Å². The molecule has 1 N–H and O–H groups in total. The van der Waals surface area contributed by atoms with E-state index in [4.69, 9.17) is 4.74 Å². The second kappa shape index (κ2) is 5.21. The monoisotopic (exact) mass is 273 g/mol. The van der Waals surface area contributed by atoms with E-state index in [2.05, 4.69) is 5.32 Å². The van der Waals surface area contributed by atoms with Crippen molar-refractivity contribution >= 4 is 5.91 Å². The Morgan fingerprint density at radius 1 is 1.37 bits per heavy atom. The van der Waals surface area contributed by atoms with E-state index in [1.165, 1.54) is 19.2 Å². The minimum atomic E-state index is -4.32. The molecule has 1 fully saturated rings. The highest BCUT2D eigenvalue weighted by atomic mass is 19.4. The number of alkyl halides is 3. The van der Waals surface area contributed by atoms with Crippen molar-refractivity contribution in [1.82, 2.24) is 5.32 Å². The summed E-state index contributed by atoms with van der Waals surface area (Å²) in [4.78, 5) is 11.6. The van der Waals surface area contributed by atoms with Crippen LogP contribution in [0.3, 0.4) is 0 Å². The molecule has 1 aromatic rings. The average Bonchev–Trinajstić information content (AvgIpc) is 3.15. The average molecular weight is 273 g/mol. The van der Waals surface area contributed by atoms with Crippen molar-refractivity contribution < 1.29 is 22.7 Å². The third kappa shape index (κ3) is 3.26. The molecule has 1 aromatic carbocycles. The van der Waals surface area contributed by atoms with Gasteiger partial charge in [0.25, 0.3) is 0 Å². The number of nitrogens with one attached hydrogen (secondary N) is 1. The maximum absolute atomic E-state index is 12.4. The molecule has 19 heavy (non-hydrogen) atoms. The van der Waals surface area contributed by atoms with Crippen LogP contribution in [0.25, 0.3) is 0 Å². The number of ether oxygens (including phenoxy) is 1. The maximum Gasteiger partial charge on any atom is 0.416 e. The second-order valence-electron chi connectivity index (χ2n) is 4.54. The summed E-state index contributed by atoms with van der Waals surface area (Å²) in [5.41, 5.74) is 0.0999. The largest absolute Gasteiger partial charge is 0.416 e. The molecule has 1 amide bonds. The van der Waals surface area contributed by atoms with Crippen LogP contribution in [0.1, 0.15) is 23.5 Å². The first-order chi connectivity index (χ1) is 8.93. The number of hydrogen-bond acceptors (Lipinski definition) is 2. The molecule has 0 spiro atoms. The lowest BCUT2D eigenvalue weighted by Gasteiger charge is -2.07. The van der Waals surface area contributed by atoms with Gasteiger partial charge in [-0.15, -0.1) is 0 Å². The highest BCUT2D eigenvalue weighted by molar-refractivity contribution is 5.82. The molecule has 0 unspecified atom stereocenters. The van der Waals surface area contributed by atoms with E-state index >= 15 is 0 Å². The van der Waals surface area contributed by atoms with Crippen LogP contribution in [-0.4, -0.2) is 19.7 Å². The van der Waals surface area contributed by atoms with Crippen molar-refractivity contribution in [3.05, 3.63) is 35.4 Å².